The van der Waals surface area contributed by atoms with Gasteiger partial charge in [-0.3, -0.25) is 9.69 Å². The molecule has 2 aromatic rings. The van der Waals surface area contributed by atoms with Crippen molar-refractivity contribution in [2.24, 2.45) is 0 Å². The number of hydrogen-bond donors (Lipinski definition) is 1. The summed E-state index contributed by atoms with van der Waals surface area (Å²) in [5.74, 6) is 0.620. The fraction of sp³-hybridized carbons (Fsp3) is 0.333. The van der Waals surface area contributed by atoms with Gasteiger partial charge in [0.25, 0.3) is 5.91 Å². The molecule has 2 aliphatic rings. The molecule has 5 nitrogen and oxygen atoms in total. The van der Waals surface area contributed by atoms with Gasteiger partial charge in [0, 0.05) is 0 Å². The molecule has 1 spiro atoms. The standard InChI is InChI=1S/C21H22N2O3/c1-14-7-8-15(2)18(13-14)26-12-11-23-19(24)21(22-20(23)25)10-9-16-5-3-4-6-17(16)21/h3-8,13H,9-12H2,1-2H3,(H,22,25). The quantitative estimate of drug-likeness (QED) is 0.862. The normalized spacial score (nSPS) is 21.2. The van der Waals surface area contributed by atoms with E-state index < -0.39 is 5.54 Å². The minimum atomic E-state index is -0.896. The molecule has 0 aromatic heterocycles. The number of rotatable bonds is 4. The van der Waals surface area contributed by atoms with Crippen LogP contribution in [0.1, 0.15) is 28.7 Å². The minimum absolute atomic E-state index is 0.169. The van der Waals surface area contributed by atoms with Crippen molar-refractivity contribution in [3.05, 3.63) is 64.7 Å². The van der Waals surface area contributed by atoms with Crippen LogP contribution in [0.15, 0.2) is 42.5 Å². The van der Waals surface area contributed by atoms with Crippen molar-refractivity contribution >= 4 is 11.9 Å². The summed E-state index contributed by atoms with van der Waals surface area (Å²) in [6.07, 6.45) is 1.42. The fourth-order valence-electron chi connectivity index (χ4n) is 3.90. The lowest BCUT2D eigenvalue weighted by molar-refractivity contribution is -0.131. The average molecular weight is 350 g/mol. The zero-order chi connectivity index (χ0) is 18.3. The topological polar surface area (TPSA) is 58.6 Å². The zero-order valence-electron chi connectivity index (χ0n) is 15.0. The van der Waals surface area contributed by atoms with Gasteiger partial charge in [-0.25, -0.2) is 4.79 Å². The highest BCUT2D eigenvalue weighted by molar-refractivity contribution is 6.08. The molecule has 1 fully saturated rings. The van der Waals surface area contributed by atoms with Gasteiger partial charge in [0.1, 0.15) is 17.9 Å². The number of nitrogens with zero attached hydrogens (tertiary/aromatic N) is 1. The Morgan fingerprint density at radius 3 is 2.81 bits per heavy atom. The summed E-state index contributed by atoms with van der Waals surface area (Å²) in [7, 11) is 0. The number of hydrogen-bond acceptors (Lipinski definition) is 3. The first kappa shape index (κ1) is 16.6. The first-order chi connectivity index (χ1) is 12.5. The van der Waals surface area contributed by atoms with E-state index in [4.69, 9.17) is 4.74 Å². The maximum absolute atomic E-state index is 13.1. The van der Waals surface area contributed by atoms with E-state index in [1.807, 2.05) is 56.3 Å². The van der Waals surface area contributed by atoms with Crippen LogP contribution in [0.2, 0.25) is 0 Å². The number of ether oxygens (including phenoxy) is 1. The lowest BCUT2D eigenvalue weighted by Gasteiger charge is -2.22. The van der Waals surface area contributed by atoms with Gasteiger partial charge in [-0.2, -0.15) is 0 Å². The first-order valence-electron chi connectivity index (χ1n) is 8.94. The Balaban J connectivity index is 1.48. The van der Waals surface area contributed by atoms with Crippen molar-refractivity contribution in [2.75, 3.05) is 13.2 Å². The number of aryl methyl sites for hydroxylation is 3. The van der Waals surface area contributed by atoms with Gasteiger partial charge < -0.3 is 10.1 Å². The Morgan fingerprint density at radius 2 is 1.96 bits per heavy atom. The highest BCUT2D eigenvalue weighted by Gasteiger charge is 2.54. The van der Waals surface area contributed by atoms with Crippen LogP contribution in [0.4, 0.5) is 4.79 Å². The van der Waals surface area contributed by atoms with Crippen LogP contribution >= 0.6 is 0 Å². The highest BCUT2D eigenvalue weighted by atomic mass is 16.5. The van der Waals surface area contributed by atoms with Crippen LogP contribution in [-0.4, -0.2) is 30.0 Å². The Kier molecular flexibility index (Phi) is 3.94. The molecule has 1 aliphatic carbocycles. The Hall–Kier alpha value is -2.82. The van der Waals surface area contributed by atoms with Gasteiger partial charge in [0.15, 0.2) is 0 Å². The van der Waals surface area contributed by atoms with E-state index in [0.717, 1.165) is 34.4 Å². The average Bonchev–Trinajstić information content (AvgIpc) is 3.11. The lowest BCUT2D eigenvalue weighted by Crippen LogP contribution is -2.42. The second kappa shape index (κ2) is 6.16. The number of benzene rings is 2. The van der Waals surface area contributed by atoms with Crippen molar-refractivity contribution in [3.63, 3.8) is 0 Å². The molecule has 1 N–H and O–H groups in total. The summed E-state index contributed by atoms with van der Waals surface area (Å²) in [5, 5.41) is 2.94. The monoisotopic (exact) mass is 350 g/mol. The molecule has 1 atom stereocenters. The van der Waals surface area contributed by atoms with E-state index in [1.165, 1.54) is 4.90 Å². The number of urea groups is 1. The van der Waals surface area contributed by atoms with Crippen molar-refractivity contribution in [1.82, 2.24) is 10.2 Å². The van der Waals surface area contributed by atoms with Gasteiger partial charge >= 0.3 is 6.03 Å². The smallest absolute Gasteiger partial charge is 0.325 e. The van der Waals surface area contributed by atoms with Gasteiger partial charge in [-0.1, -0.05) is 36.4 Å². The molecule has 1 saturated heterocycles. The highest BCUT2D eigenvalue weighted by Crippen LogP contribution is 2.41. The molecule has 0 radical (unpaired) electrons. The number of imide groups is 1. The van der Waals surface area contributed by atoms with Gasteiger partial charge in [0.05, 0.1) is 6.54 Å². The predicted octanol–water partition coefficient (Wildman–Crippen LogP) is 3.08. The molecule has 0 bridgehead atoms. The molecular weight excluding hydrogens is 328 g/mol. The van der Waals surface area contributed by atoms with Crippen LogP contribution in [-0.2, 0) is 16.8 Å². The van der Waals surface area contributed by atoms with Crippen LogP contribution < -0.4 is 10.1 Å². The van der Waals surface area contributed by atoms with Crippen LogP contribution in [0, 0.1) is 13.8 Å². The number of carbonyl (C=O) groups excluding carboxylic acids is 2. The lowest BCUT2D eigenvalue weighted by atomic mass is 9.92. The molecule has 134 valence electrons. The molecule has 1 unspecified atom stereocenters. The Labute approximate surface area is 153 Å². The largest absolute Gasteiger partial charge is 0.491 e. The molecule has 5 heteroatoms. The zero-order valence-corrected chi connectivity index (χ0v) is 15.0. The molecular formula is C21H22N2O3. The SMILES string of the molecule is Cc1ccc(C)c(OCCN2C(=O)NC3(CCc4ccccc43)C2=O)c1. The van der Waals surface area contributed by atoms with Crippen molar-refractivity contribution in [2.45, 2.75) is 32.2 Å². The third-order valence-electron chi connectivity index (χ3n) is 5.34. The summed E-state index contributed by atoms with van der Waals surface area (Å²) in [4.78, 5) is 26.8. The maximum Gasteiger partial charge on any atom is 0.325 e. The Bertz CT molecular complexity index is 893. The van der Waals surface area contributed by atoms with Crippen molar-refractivity contribution in [3.8, 4) is 5.75 Å². The summed E-state index contributed by atoms with van der Waals surface area (Å²) in [5.41, 5.74) is 3.31. The predicted molar refractivity (Wildman–Crippen MR) is 98.1 cm³/mol. The number of carbonyl (C=O) groups is 2. The summed E-state index contributed by atoms with van der Waals surface area (Å²) in [6, 6.07) is 13.5. The second-order valence-electron chi connectivity index (χ2n) is 7.07. The van der Waals surface area contributed by atoms with Crippen LogP contribution in [0.25, 0.3) is 0 Å². The van der Waals surface area contributed by atoms with E-state index in [1.54, 1.807) is 0 Å². The molecule has 0 saturated carbocycles. The first-order valence-corrected chi connectivity index (χ1v) is 8.94. The van der Waals surface area contributed by atoms with Gasteiger partial charge in [-0.05, 0) is 55.0 Å². The number of amides is 3. The van der Waals surface area contributed by atoms with Crippen molar-refractivity contribution < 1.29 is 14.3 Å². The molecule has 26 heavy (non-hydrogen) atoms. The molecule has 1 aliphatic heterocycles. The van der Waals surface area contributed by atoms with Crippen molar-refractivity contribution in [1.29, 1.82) is 0 Å². The van der Waals surface area contributed by atoms with E-state index in [9.17, 15) is 9.59 Å². The van der Waals surface area contributed by atoms with E-state index in [0.29, 0.717) is 6.42 Å². The maximum atomic E-state index is 13.1. The third-order valence-corrected chi connectivity index (χ3v) is 5.34. The molecule has 2 aromatic carbocycles. The summed E-state index contributed by atoms with van der Waals surface area (Å²) >= 11 is 0. The summed E-state index contributed by atoms with van der Waals surface area (Å²) < 4.78 is 5.82. The minimum Gasteiger partial charge on any atom is -0.491 e. The van der Waals surface area contributed by atoms with Gasteiger partial charge in [0.2, 0.25) is 0 Å². The van der Waals surface area contributed by atoms with E-state index >= 15 is 0 Å². The second-order valence-corrected chi connectivity index (χ2v) is 7.07. The molecule has 1 heterocycles. The number of nitrogens with one attached hydrogen (secondary N) is 1. The molecule has 4 rings (SSSR count). The van der Waals surface area contributed by atoms with Crippen LogP contribution in [0.5, 0.6) is 5.75 Å². The van der Waals surface area contributed by atoms with E-state index in [2.05, 4.69) is 5.32 Å². The Morgan fingerprint density at radius 1 is 1.15 bits per heavy atom. The molecule has 3 amide bonds. The van der Waals surface area contributed by atoms with E-state index in [-0.39, 0.29) is 25.1 Å². The summed E-state index contributed by atoms with van der Waals surface area (Å²) in [6.45, 7) is 4.50. The fourth-order valence-corrected chi connectivity index (χ4v) is 3.90. The third kappa shape index (κ3) is 2.55. The number of fused-ring (bicyclic) bond motifs is 2. The van der Waals surface area contributed by atoms with Gasteiger partial charge in [-0.15, -0.1) is 0 Å². The van der Waals surface area contributed by atoms with Crippen LogP contribution in [0.3, 0.4) is 0 Å².